The molecule has 0 spiro atoms. The summed E-state index contributed by atoms with van der Waals surface area (Å²) in [6.45, 7) is 4.03. The number of aromatic carboxylic acids is 1. The third-order valence-corrected chi connectivity index (χ3v) is 6.03. The number of nitrogens with zero attached hydrogens (tertiary/aromatic N) is 2. The molecule has 1 aromatic carbocycles. The minimum absolute atomic E-state index is 0.00695. The molecule has 0 amide bonds. The Morgan fingerprint density at radius 3 is 2.39 bits per heavy atom. The van der Waals surface area contributed by atoms with Gasteiger partial charge in [0.15, 0.2) is 0 Å². The summed E-state index contributed by atoms with van der Waals surface area (Å²) in [7, 11) is -3.63. The molecular weight excluding hydrogens is 320 g/mol. The molecule has 0 aliphatic carbocycles. The molecule has 128 valence electrons. The molecule has 1 aromatic rings. The van der Waals surface area contributed by atoms with Crippen LogP contribution >= 0.6 is 0 Å². The number of aliphatic hydroxyl groups excluding tert-OH is 1. The zero-order valence-electron chi connectivity index (χ0n) is 13.1. The Kier molecular flexibility index (Phi) is 5.74. The van der Waals surface area contributed by atoms with Crippen LogP contribution in [0.5, 0.6) is 0 Å². The highest BCUT2D eigenvalue weighted by Crippen LogP contribution is 2.19. The first kappa shape index (κ1) is 17.9. The maximum absolute atomic E-state index is 12.7. The molecule has 1 aliphatic heterocycles. The lowest BCUT2D eigenvalue weighted by molar-refractivity contribution is 0.0696. The molecule has 1 saturated heterocycles. The molecule has 1 unspecified atom stereocenters. The van der Waals surface area contributed by atoms with Gasteiger partial charge in [0.05, 0.1) is 17.1 Å². The number of hydrogen-bond donors (Lipinski definition) is 2. The number of carboxylic acids is 1. The number of sulfonamides is 1. The Bertz CT molecular complexity index is 644. The Labute approximate surface area is 136 Å². The van der Waals surface area contributed by atoms with Gasteiger partial charge >= 0.3 is 5.97 Å². The molecule has 1 atom stereocenters. The lowest BCUT2D eigenvalue weighted by atomic mass is 10.2. The Hall–Kier alpha value is -1.48. The van der Waals surface area contributed by atoms with Gasteiger partial charge in [0, 0.05) is 25.7 Å². The number of rotatable bonds is 5. The molecule has 0 aromatic heterocycles. The third kappa shape index (κ3) is 4.08. The predicted molar refractivity (Wildman–Crippen MR) is 84.9 cm³/mol. The molecule has 23 heavy (non-hydrogen) atoms. The van der Waals surface area contributed by atoms with Gasteiger partial charge in [-0.1, -0.05) is 0 Å². The highest BCUT2D eigenvalue weighted by atomic mass is 32.2. The summed E-state index contributed by atoms with van der Waals surface area (Å²) in [5, 5.41) is 18.1. The molecule has 1 fully saturated rings. The fraction of sp³-hybridized carbons (Fsp3) is 0.533. The van der Waals surface area contributed by atoms with Crippen molar-refractivity contribution in [2.75, 3.05) is 32.8 Å². The standard InChI is InChI=1S/C15H22N2O5S/c1-12(11-18)16-7-2-8-17(10-9-16)23(21,22)14-5-3-13(4-6-14)15(19)20/h3-6,12,18H,2,7-11H2,1H3,(H,19,20). The summed E-state index contributed by atoms with van der Waals surface area (Å²) >= 11 is 0. The molecule has 2 N–H and O–H groups in total. The van der Waals surface area contributed by atoms with Crippen LogP contribution in [0.15, 0.2) is 29.2 Å². The van der Waals surface area contributed by atoms with Gasteiger partial charge in [-0.15, -0.1) is 0 Å². The normalized spacial score (nSPS) is 19.2. The maximum Gasteiger partial charge on any atom is 0.335 e. The summed E-state index contributed by atoms with van der Waals surface area (Å²) in [6.07, 6.45) is 0.691. The van der Waals surface area contributed by atoms with Gasteiger partial charge in [0.25, 0.3) is 0 Å². The first-order valence-corrected chi connectivity index (χ1v) is 8.98. The van der Waals surface area contributed by atoms with Crippen molar-refractivity contribution < 1.29 is 23.4 Å². The van der Waals surface area contributed by atoms with E-state index in [1.54, 1.807) is 0 Å². The molecular formula is C15H22N2O5S. The molecule has 1 heterocycles. The summed E-state index contributed by atoms with van der Waals surface area (Å²) in [6, 6.07) is 5.27. The maximum atomic E-state index is 12.7. The molecule has 0 radical (unpaired) electrons. The van der Waals surface area contributed by atoms with Crippen LogP contribution in [0.1, 0.15) is 23.7 Å². The second kappa shape index (κ2) is 7.39. The van der Waals surface area contributed by atoms with Crippen molar-refractivity contribution in [3.8, 4) is 0 Å². The van der Waals surface area contributed by atoms with Crippen molar-refractivity contribution in [2.24, 2.45) is 0 Å². The van der Waals surface area contributed by atoms with Gasteiger partial charge in [-0.05, 0) is 44.2 Å². The van der Waals surface area contributed by atoms with Crippen molar-refractivity contribution in [1.29, 1.82) is 0 Å². The van der Waals surface area contributed by atoms with Gasteiger partial charge in [-0.2, -0.15) is 4.31 Å². The molecule has 2 rings (SSSR count). The van der Waals surface area contributed by atoms with Crippen molar-refractivity contribution in [3.05, 3.63) is 29.8 Å². The zero-order chi connectivity index (χ0) is 17.0. The molecule has 8 heteroatoms. The predicted octanol–water partition coefficient (Wildman–Crippen LogP) is 0.462. The molecule has 0 saturated carbocycles. The largest absolute Gasteiger partial charge is 0.478 e. The average Bonchev–Trinajstić information content (AvgIpc) is 2.80. The summed E-state index contributed by atoms with van der Waals surface area (Å²) in [5.41, 5.74) is 0.0581. The van der Waals surface area contributed by atoms with E-state index < -0.39 is 16.0 Å². The van der Waals surface area contributed by atoms with E-state index >= 15 is 0 Å². The molecule has 0 bridgehead atoms. The first-order valence-electron chi connectivity index (χ1n) is 7.54. The van der Waals surface area contributed by atoms with Crippen LogP contribution in [0.2, 0.25) is 0 Å². The van der Waals surface area contributed by atoms with Crippen LogP contribution in [0, 0.1) is 0 Å². The quantitative estimate of drug-likeness (QED) is 0.807. The number of aliphatic hydroxyl groups is 1. The smallest absolute Gasteiger partial charge is 0.335 e. The van der Waals surface area contributed by atoms with E-state index in [0.717, 1.165) is 6.54 Å². The van der Waals surface area contributed by atoms with Crippen LogP contribution in [0.3, 0.4) is 0 Å². The van der Waals surface area contributed by atoms with Crippen LogP contribution in [0.4, 0.5) is 0 Å². The van der Waals surface area contributed by atoms with Crippen LogP contribution in [-0.2, 0) is 10.0 Å². The monoisotopic (exact) mass is 342 g/mol. The van der Waals surface area contributed by atoms with Gasteiger partial charge < -0.3 is 10.2 Å². The van der Waals surface area contributed by atoms with Crippen LogP contribution in [-0.4, -0.2) is 72.6 Å². The van der Waals surface area contributed by atoms with E-state index in [9.17, 15) is 18.3 Å². The van der Waals surface area contributed by atoms with E-state index in [1.165, 1.54) is 28.6 Å². The van der Waals surface area contributed by atoms with Gasteiger partial charge in [0.1, 0.15) is 0 Å². The summed E-state index contributed by atoms with van der Waals surface area (Å²) < 4.78 is 26.8. The minimum atomic E-state index is -3.63. The van der Waals surface area contributed by atoms with Crippen molar-refractivity contribution in [3.63, 3.8) is 0 Å². The fourth-order valence-electron chi connectivity index (χ4n) is 2.63. The average molecular weight is 342 g/mol. The van der Waals surface area contributed by atoms with Crippen molar-refractivity contribution >= 4 is 16.0 Å². The number of benzene rings is 1. The van der Waals surface area contributed by atoms with Crippen LogP contribution < -0.4 is 0 Å². The summed E-state index contributed by atoms with van der Waals surface area (Å²) in [4.78, 5) is 13.0. The third-order valence-electron chi connectivity index (χ3n) is 4.12. The second-order valence-electron chi connectivity index (χ2n) is 5.65. The minimum Gasteiger partial charge on any atom is -0.478 e. The van der Waals surface area contributed by atoms with E-state index in [0.29, 0.717) is 26.1 Å². The van der Waals surface area contributed by atoms with E-state index in [2.05, 4.69) is 4.90 Å². The lowest BCUT2D eigenvalue weighted by Gasteiger charge is -2.26. The van der Waals surface area contributed by atoms with Crippen molar-refractivity contribution in [1.82, 2.24) is 9.21 Å². The van der Waals surface area contributed by atoms with E-state index in [-0.39, 0.29) is 23.1 Å². The summed E-state index contributed by atoms with van der Waals surface area (Å²) in [5.74, 6) is -1.09. The van der Waals surface area contributed by atoms with E-state index in [4.69, 9.17) is 5.11 Å². The van der Waals surface area contributed by atoms with Crippen molar-refractivity contribution in [2.45, 2.75) is 24.3 Å². The fourth-order valence-corrected chi connectivity index (χ4v) is 4.10. The zero-order valence-corrected chi connectivity index (χ0v) is 13.9. The number of carboxylic acid groups (broad SMARTS) is 1. The van der Waals surface area contributed by atoms with Crippen LogP contribution in [0.25, 0.3) is 0 Å². The number of carbonyl (C=O) groups is 1. The van der Waals surface area contributed by atoms with Gasteiger partial charge in [-0.25, -0.2) is 13.2 Å². The van der Waals surface area contributed by atoms with E-state index in [1.807, 2.05) is 6.92 Å². The Morgan fingerprint density at radius 1 is 1.17 bits per heavy atom. The second-order valence-corrected chi connectivity index (χ2v) is 7.59. The molecule has 1 aliphatic rings. The Balaban J connectivity index is 2.14. The molecule has 7 nitrogen and oxygen atoms in total. The number of hydrogen-bond acceptors (Lipinski definition) is 5. The highest BCUT2D eigenvalue weighted by Gasteiger charge is 2.28. The van der Waals surface area contributed by atoms with Gasteiger partial charge in [0.2, 0.25) is 10.0 Å². The lowest BCUT2D eigenvalue weighted by Crippen LogP contribution is -2.39. The topological polar surface area (TPSA) is 98.2 Å². The first-order chi connectivity index (χ1) is 10.9. The highest BCUT2D eigenvalue weighted by molar-refractivity contribution is 7.89. The SMILES string of the molecule is CC(CO)N1CCCN(S(=O)(=O)c2ccc(C(=O)O)cc2)CC1. The Morgan fingerprint density at radius 2 is 1.83 bits per heavy atom. The van der Waals surface area contributed by atoms with Gasteiger partial charge in [-0.3, -0.25) is 4.90 Å².